The number of guanidine groups is 1. The van der Waals surface area contributed by atoms with E-state index in [1.165, 1.54) is 0 Å². The van der Waals surface area contributed by atoms with Crippen molar-refractivity contribution in [2.45, 2.75) is 51.7 Å². The van der Waals surface area contributed by atoms with E-state index >= 15 is 0 Å². The molecule has 7 nitrogen and oxygen atoms in total. The van der Waals surface area contributed by atoms with Crippen LogP contribution in [0, 0.1) is 0 Å². The van der Waals surface area contributed by atoms with E-state index in [9.17, 15) is 0 Å². The standard InChI is InChI=1S/C17H30N4O3.HI/c1-5-18-16(19-11-14-10-15(13(2)3)21-24-14)20-12-17(22-4)6-8-23-9-7-17;/h10,13H,5-9,11-12H2,1-4H3,(H2,18,19,20);1H. The molecule has 0 saturated carbocycles. The van der Waals surface area contributed by atoms with Gasteiger partial charge in [-0.05, 0) is 12.8 Å². The second kappa shape index (κ2) is 11.0. The lowest BCUT2D eigenvalue weighted by atomic mass is 9.94. The van der Waals surface area contributed by atoms with Gasteiger partial charge in [0.2, 0.25) is 0 Å². The van der Waals surface area contributed by atoms with Crippen LogP contribution in [0.1, 0.15) is 51.0 Å². The number of aromatic nitrogens is 1. The van der Waals surface area contributed by atoms with Crippen molar-refractivity contribution in [2.24, 2.45) is 4.99 Å². The summed E-state index contributed by atoms with van der Waals surface area (Å²) in [4.78, 5) is 4.58. The molecule has 1 aliphatic heterocycles. The van der Waals surface area contributed by atoms with Gasteiger partial charge in [0.1, 0.15) is 6.54 Å². The Morgan fingerprint density at radius 3 is 2.64 bits per heavy atom. The summed E-state index contributed by atoms with van der Waals surface area (Å²) in [6, 6.07) is 1.97. The van der Waals surface area contributed by atoms with Gasteiger partial charge in [-0.1, -0.05) is 19.0 Å². The van der Waals surface area contributed by atoms with Gasteiger partial charge in [-0.25, -0.2) is 4.99 Å². The minimum absolute atomic E-state index is 0. The van der Waals surface area contributed by atoms with Gasteiger partial charge in [0, 0.05) is 52.3 Å². The Morgan fingerprint density at radius 1 is 1.36 bits per heavy atom. The van der Waals surface area contributed by atoms with Crippen LogP contribution in [-0.2, 0) is 16.0 Å². The summed E-state index contributed by atoms with van der Waals surface area (Å²) in [5, 5.41) is 10.7. The van der Waals surface area contributed by atoms with Gasteiger partial charge in [0.05, 0.1) is 11.3 Å². The third kappa shape index (κ3) is 6.74. The first kappa shape index (κ1) is 22.2. The van der Waals surface area contributed by atoms with Crippen LogP contribution < -0.4 is 10.6 Å². The summed E-state index contributed by atoms with van der Waals surface area (Å²) in [5.41, 5.74) is 0.768. The van der Waals surface area contributed by atoms with Gasteiger partial charge in [0.15, 0.2) is 11.7 Å². The molecule has 144 valence electrons. The van der Waals surface area contributed by atoms with E-state index in [-0.39, 0.29) is 29.6 Å². The zero-order valence-electron chi connectivity index (χ0n) is 15.6. The van der Waals surface area contributed by atoms with E-state index in [0.29, 0.717) is 19.0 Å². The highest BCUT2D eigenvalue weighted by Gasteiger charge is 2.32. The average molecular weight is 466 g/mol. The molecule has 0 aliphatic carbocycles. The van der Waals surface area contributed by atoms with Gasteiger partial charge >= 0.3 is 0 Å². The summed E-state index contributed by atoms with van der Waals surface area (Å²) in [6.45, 7) is 9.65. The van der Waals surface area contributed by atoms with Crippen LogP contribution >= 0.6 is 24.0 Å². The highest BCUT2D eigenvalue weighted by Crippen LogP contribution is 2.23. The van der Waals surface area contributed by atoms with Crippen LogP contribution in [0.3, 0.4) is 0 Å². The van der Waals surface area contributed by atoms with Crippen LogP contribution in [0.5, 0.6) is 0 Å². The highest BCUT2D eigenvalue weighted by atomic mass is 127. The Balaban J connectivity index is 0.00000312. The predicted molar refractivity (Wildman–Crippen MR) is 109 cm³/mol. The molecular weight excluding hydrogens is 435 g/mol. The predicted octanol–water partition coefficient (Wildman–Crippen LogP) is 2.67. The largest absolute Gasteiger partial charge is 0.381 e. The van der Waals surface area contributed by atoms with Crippen molar-refractivity contribution in [3.05, 3.63) is 17.5 Å². The van der Waals surface area contributed by atoms with E-state index in [1.807, 2.05) is 13.0 Å². The average Bonchev–Trinajstić information content (AvgIpc) is 3.07. The maximum Gasteiger partial charge on any atom is 0.191 e. The number of nitrogens with one attached hydrogen (secondary N) is 2. The van der Waals surface area contributed by atoms with Crippen LogP contribution in [0.15, 0.2) is 15.6 Å². The third-order valence-electron chi connectivity index (χ3n) is 4.32. The number of halogens is 1. The number of ether oxygens (including phenoxy) is 2. The number of aliphatic imine (C=N–C) groups is 1. The normalized spacial score (nSPS) is 17.2. The lowest BCUT2D eigenvalue weighted by Crippen LogP contribution is -2.50. The first-order valence-corrected chi connectivity index (χ1v) is 8.69. The van der Waals surface area contributed by atoms with Crippen LogP contribution in [0.4, 0.5) is 0 Å². The molecule has 1 fully saturated rings. The van der Waals surface area contributed by atoms with E-state index in [4.69, 9.17) is 14.0 Å². The fourth-order valence-corrected chi connectivity index (χ4v) is 2.62. The van der Waals surface area contributed by atoms with Crippen molar-refractivity contribution in [1.29, 1.82) is 0 Å². The molecule has 25 heavy (non-hydrogen) atoms. The van der Waals surface area contributed by atoms with Crippen molar-refractivity contribution >= 4 is 29.9 Å². The maximum absolute atomic E-state index is 5.75. The molecular formula is C17H31IN4O3. The van der Waals surface area contributed by atoms with Gasteiger partial charge in [-0.15, -0.1) is 24.0 Å². The summed E-state index contributed by atoms with van der Waals surface area (Å²) >= 11 is 0. The number of nitrogens with zero attached hydrogens (tertiary/aromatic N) is 2. The molecule has 0 unspecified atom stereocenters. The van der Waals surface area contributed by atoms with Crippen LogP contribution in [0.2, 0.25) is 0 Å². The molecule has 2 heterocycles. The van der Waals surface area contributed by atoms with E-state index in [0.717, 1.165) is 50.0 Å². The van der Waals surface area contributed by atoms with Gasteiger partial charge in [-0.3, -0.25) is 0 Å². The quantitative estimate of drug-likeness (QED) is 0.366. The summed E-state index contributed by atoms with van der Waals surface area (Å²) < 4.78 is 16.5. The molecule has 1 aromatic heterocycles. The minimum Gasteiger partial charge on any atom is -0.381 e. The second-order valence-corrected chi connectivity index (χ2v) is 6.42. The topological polar surface area (TPSA) is 80.9 Å². The van der Waals surface area contributed by atoms with Gasteiger partial charge in [0.25, 0.3) is 0 Å². The number of rotatable bonds is 7. The van der Waals surface area contributed by atoms with E-state index in [1.54, 1.807) is 7.11 Å². The number of methoxy groups -OCH3 is 1. The monoisotopic (exact) mass is 466 g/mol. The molecule has 8 heteroatoms. The Labute approximate surface area is 167 Å². The molecule has 0 amide bonds. The molecule has 0 atom stereocenters. The molecule has 2 rings (SSSR count). The Hall–Kier alpha value is -0.870. The first-order valence-electron chi connectivity index (χ1n) is 8.69. The zero-order valence-corrected chi connectivity index (χ0v) is 18.0. The highest BCUT2D eigenvalue weighted by molar-refractivity contribution is 14.0. The summed E-state index contributed by atoms with van der Waals surface area (Å²) in [6.07, 6.45) is 1.77. The SMILES string of the molecule is CCNC(=NCc1cc(C(C)C)no1)NCC1(OC)CCOCC1.I. The Bertz CT molecular complexity index is 528. The molecule has 1 saturated heterocycles. The van der Waals surface area contributed by atoms with Gasteiger partial charge in [-0.2, -0.15) is 0 Å². The fraction of sp³-hybridized carbons (Fsp3) is 0.765. The molecule has 1 aromatic rings. The second-order valence-electron chi connectivity index (χ2n) is 6.42. The van der Waals surface area contributed by atoms with Crippen LogP contribution in [0.25, 0.3) is 0 Å². The third-order valence-corrected chi connectivity index (χ3v) is 4.32. The Morgan fingerprint density at radius 2 is 2.08 bits per heavy atom. The van der Waals surface area contributed by atoms with Crippen molar-refractivity contribution in [3.63, 3.8) is 0 Å². The molecule has 0 aromatic carbocycles. The Kier molecular flexibility index (Phi) is 9.73. The molecule has 0 bridgehead atoms. The van der Waals surface area contributed by atoms with E-state index in [2.05, 4.69) is 34.6 Å². The lowest BCUT2D eigenvalue weighted by Gasteiger charge is -2.36. The first-order chi connectivity index (χ1) is 11.6. The summed E-state index contributed by atoms with van der Waals surface area (Å²) in [7, 11) is 1.76. The van der Waals surface area contributed by atoms with Crippen molar-refractivity contribution < 1.29 is 14.0 Å². The van der Waals surface area contributed by atoms with E-state index < -0.39 is 0 Å². The van der Waals surface area contributed by atoms with Gasteiger partial charge < -0.3 is 24.6 Å². The molecule has 2 N–H and O–H groups in total. The smallest absolute Gasteiger partial charge is 0.191 e. The lowest BCUT2D eigenvalue weighted by molar-refractivity contribution is -0.0855. The number of hydrogen-bond acceptors (Lipinski definition) is 5. The summed E-state index contributed by atoms with van der Waals surface area (Å²) in [5.74, 6) is 1.87. The molecule has 0 spiro atoms. The fourth-order valence-electron chi connectivity index (χ4n) is 2.62. The van der Waals surface area contributed by atoms with Crippen molar-refractivity contribution in [1.82, 2.24) is 15.8 Å². The maximum atomic E-state index is 5.75. The van der Waals surface area contributed by atoms with Crippen molar-refractivity contribution in [3.8, 4) is 0 Å². The molecule has 1 aliphatic rings. The zero-order chi connectivity index (χ0) is 17.4. The molecule has 0 radical (unpaired) electrons. The number of hydrogen-bond donors (Lipinski definition) is 2. The van der Waals surface area contributed by atoms with Crippen molar-refractivity contribution in [2.75, 3.05) is 33.4 Å². The van der Waals surface area contributed by atoms with Crippen LogP contribution in [-0.4, -0.2) is 50.1 Å². The minimum atomic E-state index is -0.189.